The Bertz CT molecular complexity index is 642. The minimum absolute atomic E-state index is 0.0261. The van der Waals surface area contributed by atoms with Gasteiger partial charge in [0.25, 0.3) is 0 Å². The van der Waals surface area contributed by atoms with E-state index in [0.717, 1.165) is 37.0 Å². The minimum atomic E-state index is -1.52. The molecule has 0 bridgehead atoms. The maximum absolute atomic E-state index is 13.3. The van der Waals surface area contributed by atoms with E-state index in [-0.39, 0.29) is 5.56 Å². The maximum Gasteiger partial charge on any atom is 0.194 e. The van der Waals surface area contributed by atoms with Crippen LogP contribution in [0, 0.1) is 17.5 Å². The van der Waals surface area contributed by atoms with E-state index < -0.39 is 23.6 Å². The molecule has 1 fully saturated rings. The Morgan fingerprint density at radius 2 is 1.62 bits per heavy atom. The van der Waals surface area contributed by atoms with Gasteiger partial charge in [0, 0.05) is 0 Å². The molecule has 21 heavy (non-hydrogen) atoms. The summed E-state index contributed by atoms with van der Waals surface area (Å²) >= 11 is 0. The Labute approximate surface area is 121 Å². The first kappa shape index (κ1) is 14.1. The molecule has 2 aromatic carbocycles. The number of aliphatic hydroxyl groups is 1. The lowest BCUT2D eigenvalue weighted by atomic mass is 9.77. The molecule has 0 radical (unpaired) electrons. The fourth-order valence-electron chi connectivity index (χ4n) is 2.76. The van der Waals surface area contributed by atoms with Gasteiger partial charge in [-0.2, -0.15) is 0 Å². The Morgan fingerprint density at radius 1 is 1.00 bits per heavy atom. The van der Waals surface area contributed by atoms with E-state index in [4.69, 9.17) is 0 Å². The van der Waals surface area contributed by atoms with Crippen molar-refractivity contribution in [2.24, 2.45) is 0 Å². The summed E-state index contributed by atoms with van der Waals surface area (Å²) in [7, 11) is 0. The Kier molecular flexibility index (Phi) is 3.72. The second kappa shape index (κ2) is 5.53. The molecular formula is C17H15F3O. The van der Waals surface area contributed by atoms with Crippen molar-refractivity contribution < 1.29 is 18.3 Å². The SMILES string of the molecule is OC(c1cc(F)c(F)c(F)c1)c1ccccc1C1CCC1. The molecule has 0 saturated heterocycles. The molecule has 1 atom stereocenters. The summed E-state index contributed by atoms with van der Waals surface area (Å²) < 4.78 is 39.7. The number of halogens is 3. The van der Waals surface area contributed by atoms with E-state index in [0.29, 0.717) is 11.5 Å². The lowest BCUT2D eigenvalue weighted by Crippen LogP contribution is -2.14. The summed E-state index contributed by atoms with van der Waals surface area (Å²) in [6, 6.07) is 9.03. The molecule has 1 aliphatic rings. The molecule has 1 saturated carbocycles. The lowest BCUT2D eigenvalue weighted by Gasteiger charge is -2.29. The third kappa shape index (κ3) is 2.56. The summed E-state index contributed by atoms with van der Waals surface area (Å²) in [4.78, 5) is 0. The standard InChI is InChI=1S/C17H15F3O/c18-14-8-11(9-15(19)16(14)20)17(21)13-7-2-1-6-12(13)10-4-3-5-10/h1-2,6-10,17,21H,3-5H2. The average molecular weight is 292 g/mol. The second-order valence-corrected chi connectivity index (χ2v) is 5.46. The van der Waals surface area contributed by atoms with Crippen LogP contribution in [0.25, 0.3) is 0 Å². The molecule has 0 spiro atoms. The van der Waals surface area contributed by atoms with Gasteiger partial charge in [-0.1, -0.05) is 30.7 Å². The van der Waals surface area contributed by atoms with Crippen molar-refractivity contribution in [3.05, 3.63) is 70.5 Å². The van der Waals surface area contributed by atoms with E-state index in [1.165, 1.54) is 0 Å². The molecule has 1 unspecified atom stereocenters. The predicted molar refractivity (Wildman–Crippen MR) is 73.4 cm³/mol. The minimum Gasteiger partial charge on any atom is -0.384 e. The van der Waals surface area contributed by atoms with Crippen LogP contribution in [0.2, 0.25) is 0 Å². The Hall–Kier alpha value is -1.81. The fraction of sp³-hybridized carbons (Fsp3) is 0.294. The maximum atomic E-state index is 13.3. The highest BCUT2D eigenvalue weighted by molar-refractivity contribution is 5.39. The van der Waals surface area contributed by atoms with Crippen molar-refractivity contribution in [1.29, 1.82) is 0 Å². The summed E-state index contributed by atoms with van der Waals surface area (Å²) in [6.45, 7) is 0. The van der Waals surface area contributed by atoms with E-state index in [1.54, 1.807) is 12.1 Å². The molecule has 0 aliphatic heterocycles. The van der Waals surface area contributed by atoms with Crippen molar-refractivity contribution in [3.63, 3.8) is 0 Å². The first-order chi connectivity index (χ1) is 10.1. The smallest absolute Gasteiger partial charge is 0.194 e. The predicted octanol–water partition coefficient (Wildman–Crippen LogP) is 4.45. The molecule has 1 aliphatic carbocycles. The van der Waals surface area contributed by atoms with Gasteiger partial charge in [-0.05, 0) is 47.6 Å². The number of aliphatic hydroxyl groups excluding tert-OH is 1. The van der Waals surface area contributed by atoms with Crippen LogP contribution in [0.5, 0.6) is 0 Å². The van der Waals surface area contributed by atoms with Crippen LogP contribution >= 0.6 is 0 Å². The Morgan fingerprint density at radius 3 is 2.19 bits per heavy atom. The number of rotatable bonds is 3. The Balaban J connectivity index is 2.00. The quantitative estimate of drug-likeness (QED) is 0.828. The average Bonchev–Trinajstić information content (AvgIpc) is 2.42. The molecule has 1 nitrogen and oxygen atoms in total. The zero-order chi connectivity index (χ0) is 15.0. The highest BCUT2D eigenvalue weighted by atomic mass is 19.2. The first-order valence-electron chi connectivity index (χ1n) is 6.99. The van der Waals surface area contributed by atoms with Crippen molar-refractivity contribution in [2.75, 3.05) is 0 Å². The molecule has 110 valence electrons. The summed E-state index contributed by atoms with van der Waals surface area (Å²) in [5.41, 5.74) is 1.66. The molecule has 4 heteroatoms. The molecule has 3 rings (SSSR count). The van der Waals surface area contributed by atoms with Crippen molar-refractivity contribution in [2.45, 2.75) is 31.3 Å². The fourth-order valence-corrected chi connectivity index (χ4v) is 2.76. The highest BCUT2D eigenvalue weighted by Crippen LogP contribution is 2.40. The van der Waals surface area contributed by atoms with Crippen LogP contribution in [-0.4, -0.2) is 5.11 Å². The third-order valence-electron chi connectivity index (χ3n) is 4.16. The van der Waals surface area contributed by atoms with Crippen LogP contribution in [0.15, 0.2) is 36.4 Å². The van der Waals surface area contributed by atoms with Crippen LogP contribution in [0.3, 0.4) is 0 Å². The van der Waals surface area contributed by atoms with Gasteiger partial charge in [0.2, 0.25) is 0 Å². The zero-order valence-corrected chi connectivity index (χ0v) is 11.3. The topological polar surface area (TPSA) is 20.2 Å². The van der Waals surface area contributed by atoms with Crippen molar-refractivity contribution >= 4 is 0 Å². The van der Waals surface area contributed by atoms with E-state index in [9.17, 15) is 18.3 Å². The van der Waals surface area contributed by atoms with E-state index in [2.05, 4.69) is 0 Å². The van der Waals surface area contributed by atoms with Gasteiger partial charge in [-0.15, -0.1) is 0 Å². The molecule has 0 amide bonds. The zero-order valence-electron chi connectivity index (χ0n) is 11.3. The molecular weight excluding hydrogens is 277 g/mol. The summed E-state index contributed by atoms with van der Waals surface area (Å²) in [6.07, 6.45) is 2.09. The third-order valence-corrected chi connectivity index (χ3v) is 4.16. The van der Waals surface area contributed by atoms with Crippen LogP contribution in [0.1, 0.15) is 48.0 Å². The normalized spacial score (nSPS) is 16.6. The van der Waals surface area contributed by atoms with E-state index >= 15 is 0 Å². The van der Waals surface area contributed by atoms with Crippen LogP contribution in [0.4, 0.5) is 13.2 Å². The van der Waals surface area contributed by atoms with Crippen LogP contribution in [-0.2, 0) is 0 Å². The summed E-state index contributed by atoms with van der Waals surface area (Å²) in [5.74, 6) is -3.71. The lowest BCUT2D eigenvalue weighted by molar-refractivity contribution is 0.215. The second-order valence-electron chi connectivity index (χ2n) is 5.46. The van der Waals surface area contributed by atoms with Crippen LogP contribution < -0.4 is 0 Å². The number of hydrogen-bond donors (Lipinski definition) is 1. The van der Waals surface area contributed by atoms with Crippen molar-refractivity contribution in [3.8, 4) is 0 Å². The summed E-state index contributed by atoms with van der Waals surface area (Å²) in [5, 5.41) is 10.4. The molecule has 2 aromatic rings. The van der Waals surface area contributed by atoms with Gasteiger partial charge < -0.3 is 5.11 Å². The highest BCUT2D eigenvalue weighted by Gasteiger charge is 2.25. The van der Waals surface area contributed by atoms with Gasteiger partial charge in [-0.3, -0.25) is 0 Å². The molecule has 1 N–H and O–H groups in total. The van der Waals surface area contributed by atoms with E-state index in [1.807, 2.05) is 12.1 Å². The first-order valence-corrected chi connectivity index (χ1v) is 6.99. The van der Waals surface area contributed by atoms with Gasteiger partial charge >= 0.3 is 0 Å². The largest absolute Gasteiger partial charge is 0.384 e. The molecule has 0 heterocycles. The van der Waals surface area contributed by atoms with Gasteiger partial charge in [0.15, 0.2) is 17.5 Å². The van der Waals surface area contributed by atoms with Gasteiger partial charge in [0.1, 0.15) is 6.10 Å². The van der Waals surface area contributed by atoms with Crippen molar-refractivity contribution in [1.82, 2.24) is 0 Å². The van der Waals surface area contributed by atoms with Gasteiger partial charge in [0.05, 0.1) is 0 Å². The van der Waals surface area contributed by atoms with Gasteiger partial charge in [-0.25, -0.2) is 13.2 Å². The number of benzene rings is 2. The number of hydrogen-bond acceptors (Lipinski definition) is 1. The monoisotopic (exact) mass is 292 g/mol. The molecule has 0 aromatic heterocycles.